The minimum absolute atomic E-state index is 0.434. The predicted octanol–water partition coefficient (Wildman–Crippen LogP) is 11.9. The van der Waals surface area contributed by atoms with Crippen molar-refractivity contribution in [2.45, 2.75) is 94.5 Å². The fourth-order valence-electron chi connectivity index (χ4n) is 7.33. The fraction of sp³-hybridized carbons (Fsp3) is 0.320. The van der Waals surface area contributed by atoms with Crippen molar-refractivity contribution in [2.24, 2.45) is 11.8 Å². The molecular formula is C50H57N3O2. The van der Waals surface area contributed by atoms with Crippen molar-refractivity contribution in [2.75, 3.05) is 0 Å². The summed E-state index contributed by atoms with van der Waals surface area (Å²) in [5, 5.41) is 3.97. The first-order chi connectivity index (χ1) is 26.6. The minimum Gasteiger partial charge on any atom is -0.489 e. The van der Waals surface area contributed by atoms with E-state index in [-0.39, 0.29) is 0 Å². The lowest BCUT2D eigenvalue weighted by molar-refractivity contribution is 0.305. The Balaban J connectivity index is 1.45. The van der Waals surface area contributed by atoms with Crippen molar-refractivity contribution in [3.63, 3.8) is 0 Å². The number of aromatic nitrogens is 2. The molecule has 6 aromatic rings. The average Bonchev–Trinajstić information content (AvgIpc) is 3.16. The van der Waals surface area contributed by atoms with E-state index in [1.165, 1.54) is 44.5 Å². The third kappa shape index (κ3) is 10.1. The lowest BCUT2D eigenvalue weighted by Gasteiger charge is -2.24. The van der Waals surface area contributed by atoms with Crippen LogP contribution in [0.1, 0.15) is 83.9 Å². The summed E-state index contributed by atoms with van der Waals surface area (Å²) in [6.45, 7) is 19.8. The molecular weight excluding hydrogens is 675 g/mol. The maximum Gasteiger partial charge on any atom is 0.119 e. The Morgan fingerprint density at radius 1 is 0.473 bits per heavy atom. The predicted molar refractivity (Wildman–Crippen MR) is 227 cm³/mol. The topological polar surface area (TPSA) is 56.3 Å². The van der Waals surface area contributed by atoms with Gasteiger partial charge in [0.15, 0.2) is 0 Å². The summed E-state index contributed by atoms with van der Waals surface area (Å²) in [7, 11) is 0. The van der Waals surface area contributed by atoms with E-state index in [9.17, 15) is 0 Å². The lowest BCUT2D eigenvalue weighted by atomic mass is 9.89. The zero-order chi connectivity index (χ0) is 38.9. The number of benzene rings is 4. The highest BCUT2D eigenvalue weighted by Crippen LogP contribution is 2.36. The third-order valence-electron chi connectivity index (χ3n) is 10.1. The van der Waals surface area contributed by atoms with Gasteiger partial charge in [-0.3, -0.25) is 9.97 Å². The van der Waals surface area contributed by atoms with Gasteiger partial charge in [0.25, 0.3) is 0 Å². The molecule has 0 spiro atoms. The van der Waals surface area contributed by atoms with Crippen LogP contribution in [0.25, 0.3) is 22.3 Å². The smallest absolute Gasteiger partial charge is 0.119 e. The van der Waals surface area contributed by atoms with E-state index < -0.39 is 0 Å². The van der Waals surface area contributed by atoms with Crippen LogP contribution in [0.5, 0.6) is 11.5 Å². The highest BCUT2D eigenvalue weighted by Gasteiger charge is 2.23. The van der Waals surface area contributed by atoms with Crippen molar-refractivity contribution in [3.8, 4) is 33.8 Å². The second-order valence-electron chi connectivity index (χ2n) is 15.7. The van der Waals surface area contributed by atoms with Crippen LogP contribution in [0.2, 0.25) is 0 Å². The van der Waals surface area contributed by atoms with E-state index in [4.69, 9.17) is 19.4 Å². The van der Waals surface area contributed by atoms with Gasteiger partial charge in [-0.1, -0.05) is 124 Å². The van der Waals surface area contributed by atoms with Crippen molar-refractivity contribution in [3.05, 3.63) is 165 Å². The largest absolute Gasteiger partial charge is 0.489 e. The number of nitrogens with zero attached hydrogens (tertiary/aromatic N) is 2. The van der Waals surface area contributed by atoms with Crippen LogP contribution >= 0.6 is 0 Å². The molecule has 0 amide bonds. The molecule has 0 fully saturated rings. The molecule has 5 heteroatoms. The molecule has 0 saturated heterocycles. The van der Waals surface area contributed by atoms with Crippen LogP contribution in [-0.2, 0) is 39.1 Å². The molecule has 6 rings (SSSR count). The Kier molecular flexibility index (Phi) is 13.2. The number of nitrogens with one attached hydrogen (secondary N) is 1. The zero-order valence-electron chi connectivity index (χ0n) is 34.0. The van der Waals surface area contributed by atoms with Gasteiger partial charge in [-0.15, -0.1) is 0 Å². The van der Waals surface area contributed by atoms with Gasteiger partial charge >= 0.3 is 0 Å². The summed E-state index contributed by atoms with van der Waals surface area (Å²) in [5.74, 6) is 2.59. The number of aryl methyl sites for hydroxylation is 4. The average molecular weight is 732 g/mol. The van der Waals surface area contributed by atoms with Gasteiger partial charge in [-0.25, -0.2) is 0 Å². The first-order valence-electron chi connectivity index (χ1n) is 19.8. The second-order valence-corrected chi connectivity index (χ2v) is 15.7. The Labute approximate surface area is 329 Å². The standard InChI is InChI=1S/C50H57N3O2/c1-33(2)27-47-43(49(39-23-19-35(5)20-24-39)45(37(7)52-47)31-54-41-15-11-9-12-16-41)29-51-30-44-48(28-34(3)4)53-38(8)46(32-55-42-17-13-10-14-18-42)50(44)40-25-21-36(6)22-26-40/h9-26,33-34,51H,27-32H2,1-8H3. The Morgan fingerprint density at radius 3 is 1.18 bits per heavy atom. The molecule has 0 aliphatic rings. The number of hydrogen-bond acceptors (Lipinski definition) is 5. The van der Waals surface area contributed by atoms with E-state index in [0.29, 0.717) is 38.1 Å². The summed E-state index contributed by atoms with van der Waals surface area (Å²) in [6.07, 6.45) is 1.77. The molecule has 0 atom stereocenters. The van der Waals surface area contributed by atoms with Gasteiger partial charge in [0.2, 0.25) is 0 Å². The van der Waals surface area contributed by atoms with Crippen LogP contribution in [0.3, 0.4) is 0 Å². The summed E-state index contributed by atoms with van der Waals surface area (Å²) in [4.78, 5) is 10.6. The first-order valence-corrected chi connectivity index (χ1v) is 19.8. The molecule has 0 unspecified atom stereocenters. The SMILES string of the molecule is Cc1ccc(-c2c(COc3ccccc3)c(C)nc(CC(C)C)c2CNCc2c(CC(C)C)nc(C)c(COc3ccccc3)c2-c2ccc(C)cc2)cc1. The summed E-state index contributed by atoms with van der Waals surface area (Å²) < 4.78 is 12.9. The van der Waals surface area contributed by atoms with Crippen LogP contribution in [0.15, 0.2) is 109 Å². The molecule has 1 N–H and O–H groups in total. The Bertz CT molecular complexity index is 2000. The summed E-state index contributed by atoms with van der Waals surface area (Å²) in [5.41, 5.74) is 16.3. The molecule has 55 heavy (non-hydrogen) atoms. The molecule has 2 heterocycles. The van der Waals surface area contributed by atoms with Gasteiger partial charge in [-0.2, -0.15) is 0 Å². The molecule has 4 aromatic carbocycles. The van der Waals surface area contributed by atoms with Gasteiger partial charge < -0.3 is 14.8 Å². The van der Waals surface area contributed by atoms with Crippen molar-refractivity contribution < 1.29 is 9.47 Å². The fourth-order valence-corrected chi connectivity index (χ4v) is 7.33. The lowest BCUT2D eigenvalue weighted by Crippen LogP contribution is -2.21. The number of rotatable bonds is 16. The number of hydrogen-bond donors (Lipinski definition) is 1. The quantitative estimate of drug-likeness (QED) is 0.107. The molecule has 0 bridgehead atoms. The number of ether oxygens (including phenoxy) is 2. The number of pyridine rings is 2. The maximum absolute atomic E-state index is 6.43. The van der Waals surface area contributed by atoms with Crippen LogP contribution in [-0.4, -0.2) is 9.97 Å². The summed E-state index contributed by atoms with van der Waals surface area (Å²) >= 11 is 0. The molecule has 0 aliphatic carbocycles. The van der Waals surface area contributed by atoms with Crippen LogP contribution in [0, 0.1) is 39.5 Å². The second kappa shape index (κ2) is 18.4. The third-order valence-corrected chi connectivity index (χ3v) is 10.1. The van der Waals surface area contributed by atoms with Crippen LogP contribution in [0.4, 0.5) is 0 Å². The highest BCUT2D eigenvalue weighted by atomic mass is 16.5. The monoisotopic (exact) mass is 731 g/mol. The van der Waals surface area contributed by atoms with E-state index >= 15 is 0 Å². The Hall–Kier alpha value is -5.26. The Morgan fingerprint density at radius 2 is 0.836 bits per heavy atom. The maximum atomic E-state index is 6.43. The molecule has 0 saturated carbocycles. The first kappa shape index (κ1) is 39.4. The molecule has 284 valence electrons. The van der Waals surface area contributed by atoms with E-state index in [0.717, 1.165) is 58.2 Å². The van der Waals surface area contributed by atoms with Gasteiger partial charge in [0.05, 0.1) is 0 Å². The minimum atomic E-state index is 0.434. The molecule has 0 radical (unpaired) electrons. The molecule has 5 nitrogen and oxygen atoms in total. The van der Waals surface area contributed by atoms with E-state index in [2.05, 4.69) is 109 Å². The molecule has 0 aliphatic heterocycles. The zero-order valence-corrected chi connectivity index (χ0v) is 34.0. The van der Waals surface area contributed by atoms with Crippen LogP contribution < -0.4 is 14.8 Å². The van der Waals surface area contributed by atoms with Crippen molar-refractivity contribution in [1.29, 1.82) is 0 Å². The van der Waals surface area contributed by atoms with E-state index in [1.54, 1.807) is 0 Å². The molecule has 2 aromatic heterocycles. The van der Waals surface area contributed by atoms with E-state index in [1.807, 2.05) is 60.7 Å². The van der Waals surface area contributed by atoms with Gasteiger partial charge in [0.1, 0.15) is 24.7 Å². The van der Waals surface area contributed by atoms with Gasteiger partial charge in [-0.05, 0) is 110 Å². The highest BCUT2D eigenvalue weighted by molar-refractivity contribution is 5.74. The summed E-state index contributed by atoms with van der Waals surface area (Å²) in [6, 6.07) is 37.9. The number of para-hydroxylation sites is 2. The van der Waals surface area contributed by atoms with Crippen molar-refractivity contribution in [1.82, 2.24) is 15.3 Å². The van der Waals surface area contributed by atoms with Gasteiger partial charge in [0, 0.05) is 47.0 Å². The van der Waals surface area contributed by atoms with Crippen molar-refractivity contribution >= 4 is 0 Å². The normalized spacial score (nSPS) is 11.4.